The highest BCUT2D eigenvalue weighted by molar-refractivity contribution is 9.10. The van der Waals surface area contributed by atoms with Crippen LogP contribution in [0, 0.1) is 17.1 Å². The average molecular weight is 350 g/mol. The number of nitrogen functional groups attached to an aromatic ring is 1. The molecule has 0 fully saturated rings. The molecule has 1 heterocycles. The van der Waals surface area contributed by atoms with Crippen molar-refractivity contribution in [3.63, 3.8) is 0 Å². The molecule has 2 aromatic rings. The molecule has 0 aliphatic heterocycles. The van der Waals surface area contributed by atoms with Gasteiger partial charge in [-0.15, -0.1) is 0 Å². The summed E-state index contributed by atoms with van der Waals surface area (Å²) in [5, 5.41) is 11.5. The number of nitrogens with one attached hydrogen (secondary N) is 2. The van der Waals surface area contributed by atoms with Crippen molar-refractivity contribution in [3.8, 4) is 6.07 Å². The van der Waals surface area contributed by atoms with E-state index in [1.54, 1.807) is 18.2 Å². The molecule has 0 saturated carbocycles. The highest BCUT2D eigenvalue weighted by Gasteiger charge is 2.17. The van der Waals surface area contributed by atoms with Crippen LogP contribution < -0.4 is 16.6 Å². The van der Waals surface area contributed by atoms with E-state index in [1.165, 1.54) is 12.3 Å². The minimum absolute atomic E-state index is 0.232. The SMILES string of the molecule is N#Cc1cc(Br)ccc1NC(=O)c1ccnc(NN)c1F. The lowest BCUT2D eigenvalue weighted by Gasteiger charge is -2.09. The number of nitriles is 1. The summed E-state index contributed by atoms with van der Waals surface area (Å²) in [5.41, 5.74) is 2.36. The van der Waals surface area contributed by atoms with Crippen LogP contribution in [-0.4, -0.2) is 10.9 Å². The number of carbonyl (C=O) groups excluding carboxylic acids is 1. The smallest absolute Gasteiger partial charge is 0.258 e. The maximum atomic E-state index is 13.9. The monoisotopic (exact) mass is 349 g/mol. The summed E-state index contributed by atoms with van der Waals surface area (Å²) in [6.07, 6.45) is 1.25. The van der Waals surface area contributed by atoms with Crippen LogP contribution in [-0.2, 0) is 0 Å². The molecule has 0 unspecified atom stereocenters. The molecular weight excluding hydrogens is 341 g/mol. The molecule has 0 aliphatic carbocycles. The summed E-state index contributed by atoms with van der Waals surface area (Å²) in [7, 11) is 0. The molecular formula is C13H9BrFN5O. The Morgan fingerprint density at radius 1 is 1.43 bits per heavy atom. The zero-order valence-corrected chi connectivity index (χ0v) is 12.1. The number of pyridine rings is 1. The van der Waals surface area contributed by atoms with Crippen LogP contribution in [0.25, 0.3) is 0 Å². The fraction of sp³-hybridized carbons (Fsp3) is 0. The van der Waals surface area contributed by atoms with Gasteiger partial charge in [0.15, 0.2) is 11.6 Å². The predicted molar refractivity (Wildman–Crippen MR) is 78.8 cm³/mol. The van der Waals surface area contributed by atoms with Gasteiger partial charge in [-0.25, -0.2) is 15.2 Å². The number of anilines is 2. The van der Waals surface area contributed by atoms with Crippen LogP contribution in [0.1, 0.15) is 15.9 Å². The summed E-state index contributed by atoms with van der Waals surface area (Å²) in [4.78, 5) is 15.7. The Kier molecular flexibility index (Phi) is 4.47. The van der Waals surface area contributed by atoms with Crippen molar-refractivity contribution in [1.82, 2.24) is 4.98 Å². The first-order valence-electron chi connectivity index (χ1n) is 5.69. The molecule has 8 heteroatoms. The van der Waals surface area contributed by atoms with Gasteiger partial charge >= 0.3 is 0 Å². The molecule has 0 bridgehead atoms. The second kappa shape index (κ2) is 6.30. The Morgan fingerprint density at radius 2 is 2.19 bits per heavy atom. The number of amides is 1. The number of nitrogens with zero attached hydrogens (tertiary/aromatic N) is 2. The number of hydrazine groups is 1. The number of carbonyl (C=O) groups is 1. The molecule has 6 nitrogen and oxygen atoms in total. The van der Waals surface area contributed by atoms with Crippen molar-refractivity contribution >= 4 is 33.3 Å². The fourth-order valence-corrected chi connectivity index (χ4v) is 1.99. The van der Waals surface area contributed by atoms with E-state index in [-0.39, 0.29) is 22.6 Å². The second-order valence-electron chi connectivity index (χ2n) is 3.92. The lowest BCUT2D eigenvalue weighted by atomic mass is 10.1. The van der Waals surface area contributed by atoms with Crippen LogP contribution in [0.4, 0.5) is 15.9 Å². The molecule has 21 heavy (non-hydrogen) atoms. The van der Waals surface area contributed by atoms with Crippen LogP contribution in [0.15, 0.2) is 34.9 Å². The maximum absolute atomic E-state index is 13.9. The van der Waals surface area contributed by atoms with Gasteiger partial charge in [0.2, 0.25) is 0 Å². The maximum Gasteiger partial charge on any atom is 0.258 e. The molecule has 0 spiro atoms. The number of nitrogens with two attached hydrogens (primary N) is 1. The Balaban J connectivity index is 2.33. The predicted octanol–water partition coefficient (Wildman–Crippen LogP) is 2.39. The number of benzene rings is 1. The van der Waals surface area contributed by atoms with E-state index in [0.29, 0.717) is 4.47 Å². The van der Waals surface area contributed by atoms with Gasteiger partial charge in [-0.1, -0.05) is 15.9 Å². The first-order valence-corrected chi connectivity index (χ1v) is 6.48. The summed E-state index contributed by atoms with van der Waals surface area (Å²) in [5.74, 6) is 3.29. The Hall–Kier alpha value is -2.50. The van der Waals surface area contributed by atoms with Crippen molar-refractivity contribution in [2.24, 2.45) is 5.84 Å². The Bertz CT molecular complexity index is 744. The molecule has 0 saturated heterocycles. The minimum atomic E-state index is -0.867. The van der Waals surface area contributed by atoms with Gasteiger partial charge in [-0.2, -0.15) is 5.26 Å². The zero-order valence-electron chi connectivity index (χ0n) is 10.5. The average Bonchev–Trinajstić information content (AvgIpc) is 2.49. The highest BCUT2D eigenvalue weighted by atomic mass is 79.9. The lowest BCUT2D eigenvalue weighted by molar-refractivity contribution is 0.102. The van der Waals surface area contributed by atoms with E-state index in [0.717, 1.165) is 0 Å². The number of hydrogen-bond donors (Lipinski definition) is 3. The first kappa shape index (κ1) is 14.9. The van der Waals surface area contributed by atoms with E-state index in [9.17, 15) is 9.18 Å². The third-order valence-corrected chi connectivity index (χ3v) is 3.11. The van der Waals surface area contributed by atoms with Crippen molar-refractivity contribution in [2.75, 3.05) is 10.7 Å². The second-order valence-corrected chi connectivity index (χ2v) is 4.84. The minimum Gasteiger partial charge on any atom is -0.321 e. The molecule has 106 valence electrons. The molecule has 4 N–H and O–H groups in total. The van der Waals surface area contributed by atoms with Crippen LogP contribution >= 0.6 is 15.9 Å². The third-order valence-electron chi connectivity index (χ3n) is 2.62. The van der Waals surface area contributed by atoms with Crippen LogP contribution in [0.3, 0.4) is 0 Å². The standard InChI is InChI=1S/C13H9BrFN5O/c14-8-1-2-10(7(5-8)6-16)19-13(21)9-3-4-18-12(20-17)11(9)15/h1-5H,17H2,(H,18,20)(H,19,21). The number of aromatic nitrogens is 1. The Morgan fingerprint density at radius 3 is 2.86 bits per heavy atom. The summed E-state index contributed by atoms with van der Waals surface area (Å²) >= 11 is 3.22. The number of halogens is 2. The van der Waals surface area contributed by atoms with E-state index in [4.69, 9.17) is 11.1 Å². The zero-order chi connectivity index (χ0) is 15.4. The van der Waals surface area contributed by atoms with Crippen molar-refractivity contribution in [3.05, 3.63) is 51.9 Å². The lowest BCUT2D eigenvalue weighted by Crippen LogP contribution is -2.18. The Labute approximate surface area is 127 Å². The van der Waals surface area contributed by atoms with Gasteiger partial charge in [-0.3, -0.25) is 4.79 Å². The molecule has 0 radical (unpaired) electrons. The highest BCUT2D eigenvalue weighted by Crippen LogP contribution is 2.22. The molecule has 0 atom stereocenters. The topological polar surface area (TPSA) is 104 Å². The van der Waals surface area contributed by atoms with Gasteiger partial charge in [0.1, 0.15) is 6.07 Å². The fourth-order valence-electron chi connectivity index (χ4n) is 1.63. The van der Waals surface area contributed by atoms with E-state index in [1.807, 2.05) is 6.07 Å². The van der Waals surface area contributed by atoms with E-state index < -0.39 is 11.7 Å². The third kappa shape index (κ3) is 3.16. The van der Waals surface area contributed by atoms with Gasteiger partial charge < -0.3 is 10.7 Å². The van der Waals surface area contributed by atoms with E-state index >= 15 is 0 Å². The van der Waals surface area contributed by atoms with Crippen molar-refractivity contribution < 1.29 is 9.18 Å². The van der Waals surface area contributed by atoms with Gasteiger partial charge in [0.05, 0.1) is 16.8 Å². The molecule has 2 rings (SSSR count). The quantitative estimate of drug-likeness (QED) is 0.583. The number of hydrogen-bond acceptors (Lipinski definition) is 5. The van der Waals surface area contributed by atoms with Gasteiger partial charge in [0.25, 0.3) is 5.91 Å². The molecule has 1 aromatic carbocycles. The largest absolute Gasteiger partial charge is 0.321 e. The summed E-state index contributed by atoms with van der Waals surface area (Å²) in [6, 6.07) is 7.92. The van der Waals surface area contributed by atoms with Crippen molar-refractivity contribution in [1.29, 1.82) is 5.26 Å². The van der Waals surface area contributed by atoms with Gasteiger partial charge in [-0.05, 0) is 24.3 Å². The first-order chi connectivity index (χ1) is 10.1. The summed E-state index contributed by atoms with van der Waals surface area (Å²) in [6.45, 7) is 0. The van der Waals surface area contributed by atoms with E-state index in [2.05, 4.69) is 31.7 Å². The van der Waals surface area contributed by atoms with Gasteiger partial charge in [0, 0.05) is 10.7 Å². The molecule has 1 amide bonds. The number of rotatable bonds is 3. The summed E-state index contributed by atoms with van der Waals surface area (Å²) < 4.78 is 14.6. The van der Waals surface area contributed by atoms with Crippen LogP contribution in [0.5, 0.6) is 0 Å². The normalized spacial score (nSPS) is 9.81. The van der Waals surface area contributed by atoms with Crippen LogP contribution in [0.2, 0.25) is 0 Å². The van der Waals surface area contributed by atoms with Crippen molar-refractivity contribution in [2.45, 2.75) is 0 Å². The molecule has 0 aliphatic rings. The molecule has 1 aromatic heterocycles.